The quantitative estimate of drug-likeness (QED) is 0.279. The predicted molar refractivity (Wildman–Crippen MR) is 96.1 cm³/mol. The Morgan fingerprint density at radius 2 is 1.23 bits per heavy atom. The van der Waals surface area contributed by atoms with Crippen molar-refractivity contribution in [3.05, 3.63) is 36.5 Å². The van der Waals surface area contributed by atoms with Gasteiger partial charge in [-0.15, -0.1) is 0 Å². The van der Waals surface area contributed by atoms with Crippen LogP contribution in [0.2, 0.25) is 0 Å². The lowest BCUT2D eigenvalue weighted by atomic mass is 10.1. The number of aliphatic carboxylic acids is 1. The van der Waals surface area contributed by atoms with Crippen molar-refractivity contribution in [2.75, 3.05) is 0 Å². The van der Waals surface area contributed by atoms with E-state index in [4.69, 9.17) is 5.11 Å². The number of hydrogen-bond acceptors (Lipinski definition) is 1. The van der Waals surface area contributed by atoms with Crippen LogP contribution >= 0.6 is 0 Å². The summed E-state index contributed by atoms with van der Waals surface area (Å²) in [5.41, 5.74) is 0. The normalized spacial score (nSPS) is 12.0. The molecule has 0 saturated carbocycles. The summed E-state index contributed by atoms with van der Waals surface area (Å²) in [5, 5.41) is 8.52. The Labute approximate surface area is 137 Å². The summed E-state index contributed by atoms with van der Waals surface area (Å²) in [7, 11) is 0. The molecule has 0 radical (unpaired) electrons. The fourth-order valence-corrected chi connectivity index (χ4v) is 2.18. The summed E-state index contributed by atoms with van der Waals surface area (Å²) in [6.45, 7) is 2.24. The van der Waals surface area contributed by atoms with E-state index in [1.165, 1.54) is 32.1 Å². The molecule has 0 amide bonds. The number of unbranched alkanes of at least 4 members (excludes halogenated alkanes) is 7. The largest absolute Gasteiger partial charge is 0.481 e. The first-order valence-electron chi connectivity index (χ1n) is 8.94. The maximum Gasteiger partial charge on any atom is 0.303 e. The Morgan fingerprint density at radius 3 is 1.77 bits per heavy atom. The van der Waals surface area contributed by atoms with Gasteiger partial charge in [0.15, 0.2) is 0 Å². The van der Waals surface area contributed by atoms with Gasteiger partial charge in [0.25, 0.3) is 0 Å². The molecule has 126 valence electrons. The molecule has 22 heavy (non-hydrogen) atoms. The van der Waals surface area contributed by atoms with Crippen LogP contribution in [0.4, 0.5) is 0 Å². The van der Waals surface area contributed by atoms with E-state index in [1.54, 1.807) is 0 Å². The van der Waals surface area contributed by atoms with Crippen molar-refractivity contribution in [2.24, 2.45) is 0 Å². The Kier molecular flexibility index (Phi) is 16.7. The second kappa shape index (κ2) is 17.7. The van der Waals surface area contributed by atoms with Crippen molar-refractivity contribution < 1.29 is 9.90 Å². The SMILES string of the molecule is CCCCC/C=C\C/C=C\C/C=C/CCCCCCC(=O)O. The molecule has 0 aliphatic rings. The van der Waals surface area contributed by atoms with Gasteiger partial charge in [0.1, 0.15) is 0 Å². The van der Waals surface area contributed by atoms with Crippen LogP contribution in [-0.4, -0.2) is 11.1 Å². The van der Waals surface area contributed by atoms with Crippen LogP contribution in [0.5, 0.6) is 0 Å². The third-order valence-corrected chi connectivity index (χ3v) is 3.53. The van der Waals surface area contributed by atoms with E-state index in [2.05, 4.69) is 43.4 Å². The number of allylic oxidation sites excluding steroid dienone is 6. The molecule has 0 unspecified atom stereocenters. The van der Waals surface area contributed by atoms with E-state index < -0.39 is 5.97 Å². The molecule has 0 fully saturated rings. The number of carboxylic acids is 1. The number of hydrogen-bond donors (Lipinski definition) is 1. The smallest absolute Gasteiger partial charge is 0.303 e. The van der Waals surface area contributed by atoms with Crippen molar-refractivity contribution in [1.82, 2.24) is 0 Å². The van der Waals surface area contributed by atoms with E-state index in [0.29, 0.717) is 6.42 Å². The van der Waals surface area contributed by atoms with Gasteiger partial charge in [-0.2, -0.15) is 0 Å². The van der Waals surface area contributed by atoms with Crippen molar-refractivity contribution in [3.8, 4) is 0 Å². The second-order valence-electron chi connectivity index (χ2n) is 5.73. The van der Waals surface area contributed by atoms with E-state index in [1.807, 2.05) is 0 Å². The molecule has 0 rings (SSSR count). The van der Waals surface area contributed by atoms with Gasteiger partial charge in [-0.3, -0.25) is 4.79 Å². The zero-order chi connectivity index (χ0) is 16.3. The van der Waals surface area contributed by atoms with Gasteiger partial charge in [0.2, 0.25) is 0 Å². The van der Waals surface area contributed by atoms with Gasteiger partial charge in [-0.25, -0.2) is 0 Å². The summed E-state index contributed by atoms with van der Waals surface area (Å²) >= 11 is 0. The highest BCUT2D eigenvalue weighted by Gasteiger charge is 1.95. The predicted octanol–water partition coefficient (Wildman–Crippen LogP) is 6.44. The highest BCUT2D eigenvalue weighted by Crippen LogP contribution is 2.06. The van der Waals surface area contributed by atoms with Gasteiger partial charge < -0.3 is 5.11 Å². The number of rotatable bonds is 15. The average Bonchev–Trinajstić information content (AvgIpc) is 2.50. The maximum atomic E-state index is 10.3. The van der Waals surface area contributed by atoms with Gasteiger partial charge in [-0.05, 0) is 44.9 Å². The van der Waals surface area contributed by atoms with Crippen LogP contribution in [0, 0.1) is 0 Å². The Bertz CT molecular complexity index is 327. The summed E-state index contributed by atoms with van der Waals surface area (Å²) in [4.78, 5) is 10.3. The number of carboxylic acid groups (broad SMARTS) is 1. The lowest BCUT2D eigenvalue weighted by molar-refractivity contribution is -0.137. The molecule has 0 bridgehead atoms. The minimum Gasteiger partial charge on any atom is -0.481 e. The Hall–Kier alpha value is -1.31. The van der Waals surface area contributed by atoms with Gasteiger partial charge in [0, 0.05) is 6.42 Å². The summed E-state index contributed by atoms with van der Waals surface area (Å²) in [5.74, 6) is -0.678. The maximum absolute atomic E-state index is 10.3. The molecule has 0 aliphatic heterocycles. The minimum absolute atomic E-state index is 0.313. The second-order valence-corrected chi connectivity index (χ2v) is 5.73. The van der Waals surface area contributed by atoms with Crippen molar-refractivity contribution >= 4 is 5.97 Å². The highest BCUT2D eigenvalue weighted by molar-refractivity contribution is 5.66. The van der Waals surface area contributed by atoms with E-state index in [9.17, 15) is 4.79 Å². The highest BCUT2D eigenvalue weighted by atomic mass is 16.4. The van der Waals surface area contributed by atoms with Gasteiger partial charge in [0.05, 0.1) is 0 Å². The lowest BCUT2D eigenvalue weighted by Crippen LogP contribution is -1.93. The van der Waals surface area contributed by atoms with Crippen molar-refractivity contribution in [2.45, 2.75) is 84.0 Å². The number of carbonyl (C=O) groups is 1. The average molecular weight is 306 g/mol. The van der Waals surface area contributed by atoms with E-state index in [0.717, 1.165) is 38.5 Å². The van der Waals surface area contributed by atoms with Crippen molar-refractivity contribution in [3.63, 3.8) is 0 Å². The minimum atomic E-state index is -0.678. The molecule has 1 N–H and O–H groups in total. The lowest BCUT2D eigenvalue weighted by Gasteiger charge is -1.96. The van der Waals surface area contributed by atoms with Crippen LogP contribution in [0.1, 0.15) is 84.0 Å². The summed E-state index contributed by atoms with van der Waals surface area (Å²) in [6.07, 6.45) is 26.3. The molecule has 0 aromatic heterocycles. The van der Waals surface area contributed by atoms with Crippen molar-refractivity contribution in [1.29, 1.82) is 0 Å². The zero-order valence-corrected chi connectivity index (χ0v) is 14.3. The monoisotopic (exact) mass is 306 g/mol. The third-order valence-electron chi connectivity index (χ3n) is 3.53. The molecule has 0 aromatic rings. The first-order valence-corrected chi connectivity index (χ1v) is 8.94. The van der Waals surface area contributed by atoms with Crippen LogP contribution in [0.15, 0.2) is 36.5 Å². The Morgan fingerprint density at radius 1 is 0.727 bits per heavy atom. The molecule has 0 spiro atoms. The molecule has 0 saturated heterocycles. The molecule has 0 aromatic carbocycles. The molecular formula is C20H34O2. The fourth-order valence-electron chi connectivity index (χ4n) is 2.18. The third kappa shape index (κ3) is 18.7. The van der Waals surface area contributed by atoms with Crippen LogP contribution in [0.25, 0.3) is 0 Å². The molecule has 0 heterocycles. The fraction of sp³-hybridized carbons (Fsp3) is 0.650. The van der Waals surface area contributed by atoms with Crippen LogP contribution in [-0.2, 0) is 4.79 Å². The molecule has 2 nitrogen and oxygen atoms in total. The molecule has 0 aliphatic carbocycles. The molecule has 2 heteroatoms. The summed E-state index contributed by atoms with van der Waals surface area (Å²) in [6, 6.07) is 0. The zero-order valence-electron chi connectivity index (χ0n) is 14.3. The standard InChI is InChI=1S/C20H34O2/c1-2-3-4-5-6-7-8-9-10-11-12-13-14-15-16-17-18-19-20(21)22/h6-7,9-10,12-13H,2-5,8,11,14-19H2,1H3,(H,21,22)/b7-6-,10-9-,13-12+. The van der Waals surface area contributed by atoms with E-state index >= 15 is 0 Å². The molecular weight excluding hydrogens is 272 g/mol. The van der Waals surface area contributed by atoms with Gasteiger partial charge >= 0.3 is 5.97 Å². The topological polar surface area (TPSA) is 37.3 Å². The Balaban J connectivity index is 3.29. The van der Waals surface area contributed by atoms with Crippen LogP contribution < -0.4 is 0 Å². The molecule has 0 atom stereocenters. The van der Waals surface area contributed by atoms with Gasteiger partial charge in [-0.1, -0.05) is 69.1 Å². The van der Waals surface area contributed by atoms with Crippen LogP contribution in [0.3, 0.4) is 0 Å². The first kappa shape index (κ1) is 20.7. The van der Waals surface area contributed by atoms with E-state index in [-0.39, 0.29) is 0 Å². The summed E-state index contributed by atoms with van der Waals surface area (Å²) < 4.78 is 0. The first-order chi connectivity index (χ1) is 10.8.